The predicted octanol–water partition coefficient (Wildman–Crippen LogP) is 2.45. The molecule has 0 amide bonds. The fourth-order valence-electron chi connectivity index (χ4n) is 2.37. The van der Waals surface area contributed by atoms with E-state index in [0.717, 1.165) is 56.4 Å². The maximum atomic E-state index is 6.17. The summed E-state index contributed by atoms with van der Waals surface area (Å²) in [5.74, 6) is 1.05. The van der Waals surface area contributed by atoms with Crippen molar-refractivity contribution in [1.29, 1.82) is 0 Å². The summed E-state index contributed by atoms with van der Waals surface area (Å²) >= 11 is 6.17. The third kappa shape index (κ3) is 3.16. The maximum Gasteiger partial charge on any atom is 0.127 e. The summed E-state index contributed by atoms with van der Waals surface area (Å²) in [5, 5.41) is 0.809. The highest BCUT2D eigenvalue weighted by atomic mass is 35.5. The Labute approximate surface area is 114 Å². The van der Waals surface area contributed by atoms with Crippen molar-refractivity contribution in [2.45, 2.75) is 26.3 Å². The quantitative estimate of drug-likeness (QED) is 0.861. The molecule has 0 bridgehead atoms. The van der Waals surface area contributed by atoms with Gasteiger partial charge >= 0.3 is 0 Å². The van der Waals surface area contributed by atoms with Crippen molar-refractivity contribution in [3.63, 3.8) is 0 Å². The van der Waals surface area contributed by atoms with E-state index >= 15 is 0 Å². The van der Waals surface area contributed by atoms with E-state index in [2.05, 4.69) is 11.8 Å². The average molecular weight is 269 g/mol. The predicted molar refractivity (Wildman–Crippen MR) is 75.3 cm³/mol. The molecule has 1 aromatic carbocycles. The molecule has 0 unspecified atom stereocenters. The molecule has 18 heavy (non-hydrogen) atoms. The smallest absolute Gasteiger partial charge is 0.127 e. The lowest BCUT2D eigenvalue weighted by Crippen LogP contribution is -2.25. The minimum Gasteiger partial charge on any atom is -0.493 e. The second-order valence-corrected chi connectivity index (χ2v) is 5.10. The Kier molecular flexibility index (Phi) is 4.87. The lowest BCUT2D eigenvalue weighted by Gasteiger charge is -2.21. The van der Waals surface area contributed by atoms with Gasteiger partial charge in [0.1, 0.15) is 5.75 Å². The van der Waals surface area contributed by atoms with Crippen LogP contribution < -0.4 is 10.5 Å². The molecule has 0 aromatic heterocycles. The Balaban J connectivity index is 2.12. The minimum atomic E-state index is 0.737. The molecular formula is C14H21ClN2O. The van der Waals surface area contributed by atoms with Gasteiger partial charge in [-0.15, -0.1) is 0 Å². The number of benzene rings is 1. The van der Waals surface area contributed by atoms with Crippen LogP contribution in [0.15, 0.2) is 12.1 Å². The standard InChI is InChI=1S/C14H21ClN2O/c1-2-17(6-3-5-16)10-12-9-13(15)8-11-4-7-18-14(11)12/h8-9H,2-7,10,16H2,1H3. The summed E-state index contributed by atoms with van der Waals surface area (Å²) < 4.78 is 5.72. The van der Waals surface area contributed by atoms with Crippen LogP contribution in [-0.2, 0) is 13.0 Å². The van der Waals surface area contributed by atoms with Gasteiger partial charge < -0.3 is 10.5 Å². The van der Waals surface area contributed by atoms with Gasteiger partial charge in [0, 0.05) is 23.6 Å². The van der Waals surface area contributed by atoms with Gasteiger partial charge in [-0.3, -0.25) is 4.90 Å². The molecule has 0 fully saturated rings. The van der Waals surface area contributed by atoms with Crippen LogP contribution in [0.4, 0.5) is 0 Å². The third-order valence-electron chi connectivity index (χ3n) is 3.34. The van der Waals surface area contributed by atoms with Crippen molar-refractivity contribution in [3.8, 4) is 5.75 Å². The molecule has 4 heteroatoms. The van der Waals surface area contributed by atoms with Crippen LogP contribution >= 0.6 is 11.6 Å². The fourth-order valence-corrected chi connectivity index (χ4v) is 2.63. The third-order valence-corrected chi connectivity index (χ3v) is 3.56. The molecule has 1 aliphatic heterocycles. The van der Waals surface area contributed by atoms with Crippen LogP contribution in [0.25, 0.3) is 0 Å². The molecule has 2 N–H and O–H groups in total. The van der Waals surface area contributed by atoms with Gasteiger partial charge in [-0.2, -0.15) is 0 Å². The van der Waals surface area contributed by atoms with E-state index in [0.29, 0.717) is 0 Å². The molecule has 2 rings (SSSR count). The van der Waals surface area contributed by atoms with Crippen molar-refractivity contribution in [3.05, 3.63) is 28.3 Å². The zero-order valence-electron chi connectivity index (χ0n) is 10.9. The summed E-state index contributed by atoms with van der Waals surface area (Å²) in [6.45, 7) is 6.61. The van der Waals surface area contributed by atoms with E-state index in [4.69, 9.17) is 22.1 Å². The van der Waals surface area contributed by atoms with E-state index in [1.807, 2.05) is 12.1 Å². The molecule has 0 spiro atoms. The molecular weight excluding hydrogens is 248 g/mol. The molecule has 0 radical (unpaired) electrons. The number of hydrogen-bond donors (Lipinski definition) is 1. The van der Waals surface area contributed by atoms with Gasteiger partial charge in [0.05, 0.1) is 6.61 Å². The average Bonchev–Trinajstić information content (AvgIpc) is 2.82. The summed E-state index contributed by atoms with van der Waals surface area (Å²) in [5.41, 5.74) is 8.01. The van der Waals surface area contributed by atoms with Gasteiger partial charge in [-0.25, -0.2) is 0 Å². The molecule has 1 aromatic rings. The summed E-state index contributed by atoms with van der Waals surface area (Å²) in [4.78, 5) is 2.38. The topological polar surface area (TPSA) is 38.5 Å². The second-order valence-electron chi connectivity index (χ2n) is 4.66. The van der Waals surface area contributed by atoms with Crippen LogP contribution in [0.3, 0.4) is 0 Å². The van der Waals surface area contributed by atoms with E-state index in [1.165, 1.54) is 11.1 Å². The first-order valence-electron chi connectivity index (χ1n) is 6.61. The molecule has 0 saturated heterocycles. The zero-order chi connectivity index (χ0) is 13.0. The Morgan fingerprint density at radius 3 is 3.00 bits per heavy atom. The van der Waals surface area contributed by atoms with Crippen molar-refractivity contribution in [2.75, 3.05) is 26.2 Å². The first-order chi connectivity index (χ1) is 8.74. The fraction of sp³-hybridized carbons (Fsp3) is 0.571. The molecule has 0 saturated carbocycles. The number of hydrogen-bond acceptors (Lipinski definition) is 3. The highest BCUT2D eigenvalue weighted by Gasteiger charge is 2.18. The maximum absolute atomic E-state index is 6.17. The Morgan fingerprint density at radius 1 is 1.44 bits per heavy atom. The molecule has 3 nitrogen and oxygen atoms in total. The monoisotopic (exact) mass is 268 g/mol. The largest absolute Gasteiger partial charge is 0.493 e. The Bertz CT molecular complexity index is 409. The van der Waals surface area contributed by atoms with Crippen molar-refractivity contribution in [1.82, 2.24) is 4.90 Å². The number of nitrogens with zero attached hydrogens (tertiary/aromatic N) is 1. The van der Waals surface area contributed by atoms with Crippen molar-refractivity contribution >= 4 is 11.6 Å². The normalized spacial score (nSPS) is 13.8. The summed E-state index contributed by atoms with van der Waals surface area (Å²) in [7, 11) is 0. The van der Waals surface area contributed by atoms with Crippen molar-refractivity contribution < 1.29 is 4.74 Å². The van der Waals surface area contributed by atoms with Crippen LogP contribution in [0, 0.1) is 0 Å². The van der Waals surface area contributed by atoms with Gasteiger partial charge in [0.15, 0.2) is 0 Å². The van der Waals surface area contributed by atoms with E-state index in [9.17, 15) is 0 Å². The number of ether oxygens (including phenoxy) is 1. The Morgan fingerprint density at radius 2 is 2.28 bits per heavy atom. The molecule has 1 aliphatic rings. The number of halogens is 1. The zero-order valence-corrected chi connectivity index (χ0v) is 11.7. The summed E-state index contributed by atoms with van der Waals surface area (Å²) in [6.07, 6.45) is 2.00. The Hall–Kier alpha value is -0.770. The van der Waals surface area contributed by atoms with Gasteiger partial charge in [0.25, 0.3) is 0 Å². The van der Waals surface area contributed by atoms with Crippen LogP contribution in [-0.4, -0.2) is 31.1 Å². The number of rotatable bonds is 6. The first-order valence-corrected chi connectivity index (χ1v) is 6.99. The SMILES string of the molecule is CCN(CCCN)Cc1cc(Cl)cc2c1OCC2. The highest BCUT2D eigenvalue weighted by molar-refractivity contribution is 6.30. The van der Waals surface area contributed by atoms with E-state index in [1.54, 1.807) is 0 Å². The minimum absolute atomic E-state index is 0.737. The van der Waals surface area contributed by atoms with E-state index < -0.39 is 0 Å². The lowest BCUT2D eigenvalue weighted by atomic mass is 10.1. The molecule has 1 heterocycles. The molecule has 0 aliphatic carbocycles. The van der Waals surface area contributed by atoms with Gasteiger partial charge in [-0.1, -0.05) is 18.5 Å². The van der Waals surface area contributed by atoms with Crippen LogP contribution in [0.5, 0.6) is 5.75 Å². The number of fused-ring (bicyclic) bond motifs is 1. The van der Waals surface area contributed by atoms with Crippen LogP contribution in [0.2, 0.25) is 5.02 Å². The molecule has 100 valence electrons. The van der Waals surface area contributed by atoms with Gasteiger partial charge in [0.2, 0.25) is 0 Å². The highest BCUT2D eigenvalue weighted by Crippen LogP contribution is 2.33. The molecule has 0 atom stereocenters. The van der Waals surface area contributed by atoms with E-state index in [-0.39, 0.29) is 0 Å². The summed E-state index contributed by atoms with van der Waals surface area (Å²) in [6, 6.07) is 4.04. The van der Waals surface area contributed by atoms with Crippen molar-refractivity contribution in [2.24, 2.45) is 5.73 Å². The van der Waals surface area contributed by atoms with Gasteiger partial charge in [-0.05, 0) is 43.8 Å². The lowest BCUT2D eigenvalue weighted by molar-refractivity contribution is 0.271. The second kappa shape index (κ2) is 6.41. The first kappa shape index (κ1) is 13.7. The number of nitrogens with two attached hydrogens (primary N) is 1. The van der Waals surface area contributed by atoms with Crippen LogP contribution in [0.1, 0.15) is 24.5 Å².